The van der Waals surface area contributed by atoms with Crippen LogP contribution in [0.4, 0.5) is 0 Å². The average molecular weight is 358 g/mol. The van der Waals surface area contributed by atoms with E-state index in [9.17, 15) is 4.79 Å². The Balaban J connectivity index is 1.72. The normalized spacial score (nSPS) is 24.9. The highest BCUT2D eigenvalue weighted by Gasteiger charge is 2.29. The molecule has 1 N–H and O–H groups in total. The molecule has 1 aromatic heterocycles. The zero-order valence-electron chi connectivity index (χ0n) is 15.5. The highest BCUT2D eigenvalue weighted by atomic mass is 32.2. The number of carbonyl (C=O) groups is 1. The first-order chi connectivity index (χ1) is 12.0. The van der Waals surface area contributed by atoms with Gasteiger partial charge < -0.3 is 5.32 Å². The lowest BCUT2D eigenvalue weighted by molar-refractivity contribution is -0.121. The minimum absolute atomic E-state index is 0.108. The Morgan fingerprint density at radius 2 is 2.00 bits per heavy atom. The van der Waals surface area contributed by atoms with Crippen LogP contribution in [0.25, 0.3) is 10.9 Å². The van der Waals surface area contributed by atoms with Crippen molar-refractivity contribution >= 4 is 28.6 Å². The van der Waals surface area contributed by atoms with Crippen LogP contribution in [0.1, 0.15) is 45.9 Å². The Hall–Kier alpha value is -1.62. The van der Waals surface area contributed by atoms with Crippen LogP contribution < -0.4 is 5.32 Å². The molecule has 1 aromatic carbocycles. The van der Waals surface area contributed by atoms with Crippen molar-refractivity contribution < 1.29 is 4.79 Å². The number of benzene rings is 1. The number of thioether (sulfide) groups is 1. The Kier molecular flexibility index (Phi) is 5.62. The summed E-state index contributed by atoms with van der Waals surface area (Å²) < 4.78 is 0. The number of para-hydroxylation sites is 1. The van der Waals surface area contributed by atoms with Gasteiger partial charge in [-0.3, -0.25) is 4.79 Å². The van der Waals surface area contributed by atoms with E-state index < -0.39 is 0 Å². The molecule has 0 spiro atoms. The number of aryl methyl sites for hydroxylation is 1. The lowest BCUT2D eigenvalue weighted by atomic mass is 9.78. The molecule has 0 radical (unpaired) electrons. The number of hydrogen-bond acceptors (Lipinski definition) is 4. The summed E-state index contributed by atoms with van der Waals surface area (Å²) in [6.45, 7) is 8.40. The van der Waals surface area contributed by atoms with Gasteiger partial charge in [0.15, 0.2) is 0 Å². The molecule has 0 unspecified atom stereocenters. The molecule has 0 bridgehead atoms. The number of fused-ring (bicyclic) bond motifs is 1. The van der Waals surface area contributed by atoms with E-state index in [2.05, 4.69) is 29.1 Å². The van der Waals surface area contributed by atoms with Gasteiger partial charge in [-0.2, -0.15) is 0 Å². The number of amides is 1. The lowest BCUT2D eigenvalue weighted by Crippen LogP contribution is -2.46. The SMILES string of the molecule is Cc1nc(S[C@H](C)C(=O)N[C@@H]2CCC[C@H](C)[C@@H]2C)c2ccccc2n1. The number of aromatic nitrogens is 2. The van der Waals surface area contributed by atoms with E-state index in [-0.39, 0.29) is 11.2 Å². The van der Waals surface area contributed by atoms with E-state index in [1.54, 1.807) is 0 Å². The van der Waals surface area contributed by atoms with Crippen LogP contribution in [-0.2, 0) is 4.79 Å². The molecule has 3 rings (SSSR count). The molecule has 4 atom stereocenters. The fourth-order valence-corrected chi connectivity index (χ4v) is 4.55. The van der Waals surface area contributed by atoms with Gasteiger partial charge in [0.2, 0.25) is 5.91 Å². The molecule has 25 heavy (non-hydrogen) atoms. The molecule has 0 aliphatic heterocycles. The Morgan fingerprint density at radius 3 is 2.80 bits per heavy atom. The van der Waals surface area contributed by atoms with Crippen LogP contribution >= 0.6 is 11.8 Å². The first-order valence-electron chi connectivity index (χ1n) is 9.16. The molecule has 5 heteroatoms. The van der Waals surface area contributed by atoms with Gasteiger partial charge >= 0.3 is 0 Å². The van der Waals surface area contributed by atoms with Crippen LogP contribution in [0.15, 0.2) is 29.3 Å². The van der Waals surface area contributed by atoms with E-state index in [0.29, 0.717) is 17.9 Å². The average Bonchev–Trinajstić information content (AvgIpc) is 2.58. The van der Waals surface area contributed by atoms with Gasteiger partial charge in [-0.25, -0.2) is 9.97 Å². The minimum Gasteiger partial charge on any atom is -0.352 e. The number of carbonyl (C=O) groups excluding carboxylic acids is 1. The first-order valence-corrected chi connectivity index (χ1v) is 10.0. The zero-order valence-corrected chi connectivity index (χ0v) is 16.3. The molecular weight excluding hydrogens is 330 g/mol. The molecule has 4 nitrogen and oxygen atoms in total. The van der Waals surface area contributed by atoms with Gasteiger partial charge in [-0.05, 0) is 38.2 Å². The second-order valence-electron chi connectivity index (χ2n) is 7.24. The van der Waals surface area contributed by atoms with Crippen molar-refractivity contribution in [1.29, 1.82) is 0 Å². The van der Waals surface area contributed by atoms with Crippen molar-refractivity contribution in [3.05, 3.63) is 30.1 Å². The second-order valence-corrected chi connectivity index (χ2v) is 8.57. The van der Waals surface area contributed by atoms with Gasteiger partial charge in [0, 0.05) is 11.4 Å². The molecule has 1 saturated carbocycles. The van der Waals surface area contributed by atoms with Gasteiger partial charge in [-0.1, -0.05) is 56.7 Å². The summed E-state index contributed by atoms with van der Waals surface area (Å²) in [5.74, 6) is 2.06. The Bertz CT molecular complexity index is 764. The topological polar surface area (TPSA) is 54.9 Å². The molecular formula is C20H27N3OS. The third kappa shape index (κ3) is 4.14. The van der Waals surface area contributed by atoms with Gasteiger partial charge in [0.05, 0.1) is 10.8 Å². The quantitative estimate of drug-likeness (QED) is 0.652. The molecule has 1 fully saturated rings. The van der Waals surface area contributed by atoms with Gasteiger partial charge in [0.25, 0.3) is 0 Å². The monoisotopic (exact) mass is 357 g/mol. The number of nitrogens with zero attached hydrogens (tertiary/aromatic N) is 2. The van der Waals surface area contributed by atoms with Crippen molar-refractivity contribution in [2.45, 2.75) is 63.3 Å². The molecule has 1 aliphatic carbocycles. The molecule has 1 heterocycles. The van der Waals surface area contributed by atoms with E-state index in [4.69, 9.17) is 0 Å². The molecule has 1 amide bonds. The van der Waals surface area contributed by atoms with Crippen LogP contribution in [0.3, 0.4) is 0 Å². The summed E-state index contributed by atoms with van der Waals surface area (Å²) in [4.78, 5) is 21.8. The van der Waals surface area contributed by atoms with Crippen molar-refractivity contribution in [3.8, 4) is 0 Å². The molecule has 0 saturated heterocycles. The first kappa shape index (κ1) is 18.2. The third-order valence-electron chi connectivity index (χ3n) is 5.37. The Morgan fingerprint density at radius 1 is 1.24 bits per heavy atom. The van der Waals surface area contributed by atoms with Gasteiger partial charge in [0.1, 0.15) is 10.9 Å². The fraction of sp³-hybridized carbons (Fsp3) is 0.550. The molecule has 134 valence electrons. The fourth-order valence-electron chi connectivity index (χ4n) is 3.56. The summed E-state index contributed by atoms with van der Waals surface area (Å²) in [6, 6.07) is 8.27. The van der Waals surface area contributed by atoms with E-state index in [0.717, 1.165) is 28.2 Å². The highest BCUT2D eigenvalue weighted by molar-refractivity contribution is 8.00. The van der Waals surface area contributed by atoms with Crippen molar-refractivity contribution in [1.82, 2.24) is 15.3 Å². The predicted molar refractivity (Wildman–Crippen MR) is 104 cm³/mol. The zero-order chi connectivity index (χ0) is 18.0. The van der Waals surface area contributed by atoms with E-state index in [1.807, 2.05) is 38.1 Å². The van der Waals surface area contributed by atoms with Crippen LogP contribution in [0.5, 0.6) is 0 Å². The molecule has 2 aromatic rings. The summed E-state index contributed by atoms with van der Waals surface area (Å²) in [5, 5.41) is 5.00. The highest BCUT2D eigenvalue weighted by Crippen LogP contribution is 2.31. The number of hydrogen-bond donors (Lipinski definition) is 1. The standard InChI is InChI=1S/C20H27N3OS/c1-12-8-7-11-17(13(12)2)23-19(24)14(3)25-20-16-9-5-6-10-18(16)21-15(4)22-20/h5-6,9-10,12-14,17H,7-8,11H2,1-4H3,(H,23,24)/t12-,13-,14+,17+/m0/s1. The maximum Gasteiger partial charge on any atom is 0.233 e. The smallest absolute Gasteiger partial charge is 0.233 e. The van der Waals surface area contributed by atoms with Crippen molar-refractivity contribution in [2.75, 3.05) is 0 Å². The van der Waals surface area contributed by atoms with E-state index in [1.165, 1.54) is 24.6 Å². The van der Waals surface area contributed by atoms with Crippen molar-refractivity contribution in [2.24, 2.45) is 11.8 Å². The summed E-state index contributed by atoms with van der Waals surface area (Å²) >= 11 is 1.52. The van der Waals surface area contributed by atoms with Crippen LogP contribution in [0.2, 0.25) is 0 Å². The maximum absolute atomic E-state index is 12.7. The minimum atomic E-state index is -0.179. The predicted octanol–water partition coefficient (Wildman–Crippen LogP) is 4.36. The van der Waals surface area contributed by atoms with Crippen LogP contribution in [0, 0.1) is 18.8 Å². The largest absolute Gasteiger partial charge is 0.352 e. The summed E-state index contributed by atoms with van der Waals surface area (Å²) in [6.07, 6.45) is 3.56. The number of nitrogens with one attached hydrogen (secondary N) is 1. The van der Waals surface area contributed by atoms with Crippen LogP contribution in [-0.4, -0.2) is 27.2 Å². The summed E-state index contributed by atoms with van der Waals surface area (Å²) in [5.41, 5.74) is 0.930. The second kappa shape index (κ2) is 7.73. The number of rotatable bonds is 4. The van der Waals surface area contributed by atoms with Crippen molar-refractivity contribution in [3.63, 3.8) is 0 Å². The third-order valence-corrected chi connectivity index (χ3v) is 6.47. The Labute approximate surface area is 154 Å². The summed E-state index contributed by atoms with van der Waals surface area (Å²) in [7, 11) is 0. The van der Waals surface area contributed by atoms with E-state index >= 15 is 0 Å². The lowest BCUT2D eigenvalue weighted by Gasteiger charge is -2.35. The van der Waals surface area contributed by atoms with Gasteiger partial charge in [-0.15, -0.1) is 0 Å². The molecule has 1 aliphatic rings. The maximum atomic E-state index is 12.7.